The number of halogens is 1. The molecule has 3 N–H and O–H groups in total. The van der Waals surface area contributed by atoms with Crippen molar-refractivity contribution in [1.82, 2.24) is 0 Å². The number of anilines is 2. The fraction of sp³-hybridized carbons (Fsp3) is 0.400. The van der Waals surface area contributed by atoms with Crippen LogP contribution in [-0.4, -0.2) is 6.04 Å². The molecule has 0 aliphatic heterocycles. The molecule has 0 saturated heterocycles. The number of rotatable bonds is 3. The number of hydrogen-bond acceptors (Lipinski definition) is 2. The fourth-order valence-corrected chi connectivity index (χ4v) is 1.02. The molecule has 0 aromatic heterocycles. The van der Waals surface area contributed by atoms with Crippen molar-refractivity contribution < 1.29 is 4.39 Å². The van der Waals surface area contributed by atoms with E-state index in [0.717, 1.165) is 12.1 Å². The molecule has 0 heterocycles. The van der Waals surface area contributed by atoms with Gasteiger partial charge in [0, 0.05) is 11.7 Å². The highest BCUT2D eigenvalue weighted by Gasteiger charge is 2.01. The van der Waals surface area contributed by atoms with Gasteiger partial charge in [-0.3, -0.25) is 0 Å². The van der Waals surface area contributed by atoms with Gasteiger partial charge in [0.2, 0.25) is 0 Å². The molecule has 72 valence electrons. The van der Waals surface area contributed by atoms with E-state index in [0.29, 0.717) is 6.04 Å². The molecule has 0 aliphatic rings. The minimum atomic E-state index is -0.366. The fourth-order valence-electron chi connectivity index (χ4n) is 1.02. The van der Waals surface area contributed by atoms with Gasteiger partial charge in [0.15, 0.2) is 0 Å². The molecule has 1 rings (SSSR count). The Hall–Kier alpha value is -1.25. The number of nitrogen functional groups attached to an aromatic ring is 1. The summed E-state index contributed by atoms with van der Waals surface area (Å²) in [6.07, 6.45) is 1.03. The van der Waals surface area contributed by atoms with E-state index in [4.69, 9.17) is 5.73 Å². The van der Waals surface area contributed by atoms with Gasteiger partial charge in [-0.15, -0.1) is 0 Å². The molecule has 2 nitrogen and oxygen atoms in total. The summed E-state index contributed by atoms with van der Waals surface area (Å²) in [6, 6.07) is 5.06. The molecule has 1 aromatic carbocycles. The summed E-state index contributed by atoms with van der Waals surface area (Å²) in [5.41, 5.74) is 6.48. The monoisotopic (exact) mass is 182 g/mol. The Morgan fingerprint density at radius 3 is 2.77 bits per heavy atom. The van der Waals surface area contributed by atoms with Gasteiger partial charge in [-0.25, -0.2) is 4.39 Å². The third-order valence-electron chi connectivity index (χ3n) is 2.02. The molecule has 0 fully saturated rings. The normalized spacial score (nSPS) is 12.5. The minimum Gasteiger partial charge on any atom is -0.396 e. The maximum Gasteiger partial charge on any atom is 0.146 e. The van der Waals surface area contributed by atoms with E-state index in [1.807, 2.05) is 0 Å². The second kappa shape index (κ2) is 4.12. The van der Waals surface area contributed by atoms with Gasteiger partial charge in [-0.2, -0.15) is 0 Å². The molecular formula is C10H15FN2. The van der Waals surface area contributed by atoms with Gasteiger partial charge in [0.25, 0.3) is 0 Å². The zero-order chi connectivity index (χ0) is 9.84. The first-order valence-corrected chi connectivity index (χ1v) is 4.45. The van der Waals surface area contributed by atoms with Crippen LogP contribution in [0, 0.1) is 5.82 Å². The molecule has 3 heteroatoms. The Labute approximate surface area is 77.9 Å². The Balaban J connectivity index is 2.73. The van der Waals surface area contributed by atoms with Crippen LogP contribution in [0.4, 0.5) is 15.8 Å². The molecule has 1 aromatic rings. The van der Waals surface area contributed by atoms with E-state index in [2.05, 4.69) is 19.2 Å². The van der Waals surface area contributed by atoms with E-state index in [-0.39, 0.29) is 11.5 Å². The second-order valence-electron chi connectivity index (χ2n) is 3.19. The zero-order valence-corrected chi connectivity index (χ0v) is 7.97. The van der Waals surface area contributed by atoms with Crippen molar-refractivity contribution >= 4 is 11.4 Å². The van der Waals surface area contributed by atoms with Crippen molar-refractivity contribution in [2.75, 3.05) is 11.1 Å². The van der Waals surface area contributed by atoms with Crippen molar-refractivity contribution in [3.8, 4) is 0 Å². The van der Waals surface area contributed by atoms with Crippen LogP contribution in [-0.2, 0) is 0 Å². The molecule has 0 amide bonds. The number of nitrogens with two attached hydrogens (primary N) is 1. The lowest BCUT2D eigenvalue weighted by atomic mass is 10.2. The summed E-state index contributed by atoms with van der Waals surface area (Å²) in [7, 11) is 0. The standard InChI is InChI=1S/C10H15FN2/c1-3-7(2)13-8-4-5-9(11)10(12)6-8/h4-7,13H,3,12H2,1-2H3. The largest absolute Gasteiger partial charge is 0.396 e. The van der Waals surface area contributed by atoms with Gasteiger partial charge in [0.1, 0.15) is 5.82 Å². The van der Waals surface area contributed by atoms with Crippen LogP contribution >= 0.6 is 0 Å². The maximum atomic E-state index is 12.8. The summed E-state index contributed by atoms with van der Waals surface area (Å²) >= 11 is 0. The summed E-state index contributed by atoms with van der Waals surface area (Å²) in [5.74, 6) is -0.366. The molecule has 0 bridgehead atoms. The van der Waals surface area contributed by atoms with E-state index in [9.17, 15) is 4.39 Å². The van der Waals surface area contributed by atoms with Crippen LogP contribution < -0.4 is 11.1 Å². The van der Waals surface area contributed by atoms with Gasteiger partial charge in [0.05, 0.1) is 5.69 Å². The molecule has 0 spiro atoms. The van der Waals surface area contributed by atoms with Crippen LogP contribution in [0.3, 0.4) is 0 Å². The summed E-state index contributed by atoms with van der Waals surface area (Å²) in [6.45, 7) is 4.16. The topological polar surface area (TPSA) is 38.0 Å². The van der Waals surface area contributed by atoms with Gasteiger partial charge >= 0.3 is 0 Å². The molecule has 1 unspecified atom stereocenters. The highest BCUT2D eigenvalue weighted by Crippen LogP contribution is 2.17. The lowest BCUT2D eigenvalue weighted by molar-refractivity contribution is 0.632. The summed E-state index contributed by atoms with van der Waals surface area (Å²) in [5, 5.41) is 3.21. The molecule has 13 heavy (non-hydrogen) atoms. The molecule has 0 radical (unpaired) electrons. The predicted molar refractivity (Wildman–Crippen MR) is 54.2 cm³/mol. The number of nitrogens with one attached hydrogen (secondary N) is 1. The quantitative estimate of drug-likeness (QED) is 0.705. The number of benzene rings is 1. The Morgan fingerprint density at radius 2 is 2.23 bits per heavy atom. The SMILES string of the molecule is CCC(C)Nc1ccc(F)c(N)c1. The first-order chi connectivity index (χ1) is 6.13. The highest BCUT2D eigenvalue weighted by molar-refractivity contribution is 5.55. The molecular weight excluding hydrogens is 167 g/mol. The van der Waals surface area contributed by atoms with Crippen LogP contribution in [0.15, 0.2) is 18.2 Å². The van der Waals surface area contributed by atoms with E-state index in [1.165, 1.54) is 6.07 Å². The predicted octanol–water partition coefficient (Wildman–Crippen LogP) is 2.62. The van der Waals surface area contributed by atoms with Crippen LogP contribution in [0.2, 0.25) is 0 Å². The molecule has 0 saturated carbocycles. The smallest absolute Gasteiger partial charge is 0.146 e. The Morgan fingerprint density at radius 1 is 1.54 bits per heavy atom. The summed E-state index contributed by atoms with van der Waals surface area (Å²) in [4.78, 5) is 0. The molecule has 0 aliphatic carbocycles. The van der Waals surface area contributed by atoms with Gasteiger partial charge in [-0.1, -0.05) is 6.92 Å². The average molecular weight is 182 g/mol. The van der Waals surface area contributed by atoms with Crippen molar-refractivity contribution in [3.05, 3.63) is 24.0 Å². The van der Waals surface area contributed by atoms with E-state index < -0.39 is 0 Å². The zero-order valence-electron chi connectivity index (χ0n) is 7.97. The maximum absolute atomic E-state index is 12.8. The summed E-state index contributed by atoms with van der Waals surface area (Å²) < 4.78 is 12.8. The van der Waals surface area contributed by atoms with Crippen molar-refractivity contribution in [3.63, 3.8) is 0 Å². The minimum absolute atomic E-state index is 0.188. The lowest BCUT2D eigenvalue weighted by Gasteiger charge is -2.13. The van der Waals surface area contributed by atoms with Crippen LogP contribution in [0.25, 0.3) is 0 Å². The third kappa shape index (κ3) is 2.61. The average Bonchev–Trinajstić information content (AvgIpc) is 2.11. The Kier molecular flexibility index (Phi) is 3.12. The first kappa shape index (κ1) is 9.84. The lowest BCUT2D eigenvalue weighted by Crippen LogP contribution is -2.13. The molecule has 1 atom stereocenters. The van der Waals surface area contributed by atoms with Crippen molar-refractivity contribution in [2.45, 2.75) is 26.3 Å². The number of hydrogen-bond donors (Lipinski definition) is 2. The van der Waals surface area contributed by atoms with Crippen molar-refractivity contribution in [1.29, 1.82) is 0 Å². The highest BCUT2D eigenvalue weighted by atomic mass is 19.1. The van der Waals surface area contributed by atoms with E-state index >= 15 is 0 Å². The van der Waals surface area contributed by atoms with Crippen molar-refractivity contribution in [2.24, 2.45) is 0 Å². The second-order valence-corrected chi connectivity index (χ2v) is 3.19. The van der Waals surface area contributed by atoms with Crippen LogP contribution in [0.1, 0.15) is 20.3 Å². The Bertz CT molecular complexity index is 286. The first-order valence-electron chi connectivity index (χ1n) is 4.45. The van der Waals surface area contributed by atoms with E-state index in [1.54, 1.807) is 12.1 Å². The third-order valence-corrected chi connectivity index (χ3v) is 2.02. The van der Waals surface area contributed by atoms with Gasteiger partial charge in [-0.05, 0) is 31.5 Å². The van der Waals surface area contributed by atoms with Gasteiger partial charge < -0.3 is 11.1 Å². The van der Waals surface area contributed by atoms with Crippen LogP contribution in [0.5, 0.6) is 0 Å².